The van der Waals surface area contributed by atoms with Crippen LogP contribution in [0.15, 0.2) is 108 Å². The molecule has 0 radical (unpaired) electrons. The molecule has 3 unspecified atom stereocenters. The summed E-state index contributed by atoms with van der Waals surface area (Å²) in [6.07, 6.45) is -1.13. The molecule has 4 aliphatic heterocycles. The third-order valence-electron chi connectivity index (χ3n) is 14.3. The average molecular weight is 927 g/mol. The summed E-state index contributed by atoms with van der Waals surface area (Å²) in [5.74, 6) is 2.26. The number of alkyl carbamates (subject to hydrolysis) is 1. The fraction of sp³-hybridized carbons (Fsp3) is 0.404. The number of rotatable bonds is 14. The van der Waals surface area contributed by atoms with E-state index in [0.29, 0.717) is 29.4 Å². The van der Waals surface area contributed by atoms with E-state index in [0.717, 1.165) is 22.3 Å². The van der Waals surface area contributed by atoms with Gasteiger partial charge in [0.15, 0.2) is 41.2 Å². The van der Waals surface area contributed by atoms with Gasteiger partial charge < -0.3 is 38.3 Å². The molecule has 2 bridgehead atoms. The minimum atomic E-state index is -2.06. The molecule has 4 aromatic carbocycles. The predicted molar refractivity (Wildman–Crippen MR) is 249 cm³/mol. The Morgan fingerprint density at radius 1 is 0.985 bits per heavy atom. The average Bonchev–Trinajstić information content (AvgIpc) is 3.95. The van der Waals surface area contributed by atoms with Crippen molar-refractivity contribution in [2.75, 3.05) is 53.0 Å². The van der Waals surface area contributed by atoms with Crippen LogP contribution in [0.5, 0.6) is 11.5 Å². The lowest BCUT2D eigenvalue weighted by molar-refractivity contribution is -0.153. The highest BCUT2D eigenvalue weighted by atomic mass is 32.2. The first-order valence-electron chi connectivity index (χ1n) is 22.6. The molecule has 3 fully saturated rings. The smallest absolute Gasteiger partial charge is 0.409 e. The van der Waals surface area contributed by atoms with E-state index in [-0.39, 0.29) is 67.8 Å². The van der Waals surface area contributed by atoms with E-state index < -0.39 is 47.9 Å². The third kappa shape index (κ3) is 7.64. The zero-order valence-electron chi connectivity index (χ0n) is 38.2. The summed E-state index contributed by atoms with van der Waals surface area (Å²) in [6, 6.07) is 28.0. The van der Waals surface area contributed by atoms with Crippen LogP contribution < -0.4 is 14.8 Å². The van der Waals surface area contributed by atoms with Gasteiger partial charge in [-0.2, -0.15) is 17.0 Å². The van der Waals surface area contributed by atoms with E-state index in [9.17, 15) is 20.0 Å². The van der Waals surface area contributed by atoms with Gasteiger partial charge in [-0.05, 0) is 66.3 Å². The summed E-state index contributed by atoms with van der Waals surface area (Å²) in [7, 11) is 5.13. The Balaban J connectivity index is 1.02. The number of aryl methyl sites for hydroxylation is 1. The first-order valence-corrected chi connectivity index (χ1v) is 23.8. The van der Waals surface area contributed by atoms with Gasteiger partial charge in [-0.3, -0.25) is 19.9 Å². The summed E-state index contributed by atoms with van der Waals surface area (Å²) < 4.78 is 42.4. The lowest BCUT2D eigenvalue weighted by Gasteiger charge is -2.62. The van der Waals surface area contributed by atoms with Crippen LogP contribution in [0.1, 0.15) is 58.7 Å². The zero-order chi connectivity index (χ0) is 46.6. The molecular formula is C52H54N4O10S. The van der Waals surface area contributed by atoms with Gasteiger partial charge in [-0.1, -0.05) is 84.9 Å². The molecule has 67 heavy (non-hydrogen) atoms. The topological polar surface area (TPSA) is 161 Å². The van der Waals surface area contributed by atoms with Crippen molar-refractivity contribution in [3.8, 4) is 28.7 Å². The van der Waals surface area contributed by atoms with E-state index in [4.69, 9.17) is 33.2 Å². The number of ketones is 1. The number of nitrogens with one attached hydrogen (secondary N) is 1. The van der Waals surface area contributed by atoms with Crippen LogP contribution in [0.2, 0.25) is 0 Å². The fourth-order valence-corrected chi connectivity index (χ4v) is 12.6. The molecule has 2 N–H and O–H groups in total. The number of carbonyl (C=O) groups excluding carboxylic acids is 2. The Hall–Kier alpha value is -5.86. The van der Waals surface area contributed by atoms with Gasteiger partial charge in [0.2, 0.25) is 6.79 Å². The van der Waals surface area contributed by atoms with Crippen LogP contribution in [0, 0.1) is 18.3 Å². The van der Waals surface area contributed by atoms with E-state index in [2.05, 4.69) is 75.8 Å². The molecule has 3 saturated heterocycles. The maximum Gasteiger partial charge on any atom is 0.409 e. The number of hydrogen-bond acceptors (Lipinski definition) is 14. The Kier molecular flexibility index (Phi) is 12.3. The van der Waals surface area contributed by atoms with Gasteiger partial charge in [0, 0.05) is 59.7 Å². The van der Waals surface area contributed by atoms with E-state index in [1.807, 2.05) is 44.3 Å². The van der Waals surface area contributed by atoms with Gasteiger partial charge in [0.1, 0.15) is 18.9 Å². The number of piperidine rings is 1. The van der Waals surface area contributed by atoms with Crippen molar-refractivity contribution < 1.29 is 47.9 Å². The van der Waals surface area contributed by atoms with E-state index >= 15 is 0 Å². The van der Waals surface area contributed by atoms with Gasteiger partial charge in [0.05, 0.1) is 31.9 Å². The normalized spacial score (nSPS) is 25.3. The Labute approximate surface area is 394 Å². The van der Waals surface area contributed by atoms with Gasteiger partial charge in [-0.15, -0.1) is 0 Å². The fourth-order valence-electron chi connectivity index (χ4n) is 11.5. The molecule has 14 nitrogen and oxygen atoms in total. The lowest BCUT2D eigenvalue weighted by atomic mass is 9.65. The minimum Gasteiger partial charge on any atom is -0.493 e. The number of piperazine rings is 1. The van der Waals surface area contributed by atoms with Gasteiger partial charge in [-0.25, -0.2) is 4.79 Å². The number of nitriles is 1. The predicted octanol–water partition coefficient (Wildman–Crippen LogP) is 6.89. The summed E-state index contributed by atoms with van der Waals surface area (Å²) in [5.41, 5.74) is 6.94. The molecule has 2 aliphatic carbocycles. The molecule has 0 aromatic heterocycles. The summed E-state index contributed by atoms with van der Waals surface area (Å²) in [5, 5.41) is 27.4. The van der Waals surface area contributed by atoms with Crippen LogP contribution in [0.3, 0.4) is 0 Å². The molecule has 10 rings (SSSR count). The van der Waals surface area contributed by atoms with E-state index in [1.165, 1.54) is 22.3 Å². The highest BCUT2D eigenvalue weighted by molar-refractivity contribution is 7.99. The second-order valence-electron chi connectivity index (χ2n) is 18.0. The summed E-state index contributed by atoms with van der Waals surface area (Å²) >= 11 is 1.64. The number of nitrogens with zero attached hydrogens (tertiary/aromatic N) is 3. The Morgan fingerprint density at radius 2 is 1.69 bits per heavy atom. The van der Waals surface area contributed by atoms with Crippen LogP contribution >= 0.6 is 11.8 Å². The number of thioether (sulfide) groups is 1. The van der Waals surface area contributed by atoms with Crippen LogP contribution in [0.25, 0.3) is 11.1 Å². The maximum atomic E-state index is 14.7. The van der Waals surface area contributed by atoms with Gasteiger partial charge >= 0.3 is 6.09 Å². The number of methoxy groups -OCH3 is 2. The number of likely N-dealkylation sites (N-methyl/N-ethyl adjacent to an activating group) is 1. The molecular weight excluding hydrogens is 873 g/mol. The third-order valence-corrected chi connectivity index (χ3v) is 15.5. The Bertz CT molecular complexity index is 2660. The Morgan fingerprint density at radius 3 is 2.39 bits per heavy atom. The second-order valence-corrected chi connectivity index (χ2v) is 19.0. The standard InChI is InChI=1S/C52H54N4O10S/c1-29-19-32-20-38-40(22-53)56-39(45(55(38)3)43(32)48(46(29)61-5)64-27-60-4)21-52(59)44(49-47(65-28-66-49)30(2)50(52)57)41(56)24-62-42(54-51(58)63-23-31-13-7-6-8-14-31)26-67-25-37-35-17-11-9-15-33(35)34-16-10-12-18-36(34)37/h6-19,37-42,45,59H,20-21,23-28H2,1-5H3,(H,54,58)/t38-,39?,40-,41-,42?,45-,52?/m0/s1. The maximum absolute atomic E-state index is 14.7. The largest absolute Gasteiger partial charge is 0.493 e. The van der Waals surface area contributed by atoms with Crippen molar-refractivity contribution in [2.45, 2.75) is 81.3 Å². The highest BCUT2D eigenvalue weighted by Gasteiger charge is 2.64. The lowest BCUT2D eigenvalue weighted by Crippen LogP contribution is -2.74. The van der Waals surface area contributed by atoms with Crippen LogP contribution in [-0.4, -0.2) is 116 Å². The van der Waals surface area contributed by atoms with Crippen LogP contribution in [-0.2, 0) is 41.5 Å². The molecule has 4 heterocycles. The molecule has 348 valence electrons. The molecule has 0 spiro atoms. The van der Waals surface area contributed by atoms with Crippen molar-refractivity contribution >= 4 is 23.6 Å². The quantitative estimate of drug-likeness (QED) is 0.126. The molecule has 0 saturated carbocycles. The first kappa shape index (κ1) is 44.9. The molecule has 1 amide bonds. The monoisotopic (exact) mass is 926 g/mol. The SMILES string of the molecule is COCOc1c(OC)c(C)cc2c1[C@@H]1C3CC4(O)C(=O)C(C)=C5OCOC5=C4[C@H](COC(CSCC4c5ccccc5-c5ccccc54)NC(=O)OCc4ccccc4)N3[C@@H](C#N)[C@H](C2)N1C. The zero-order valence-corrected chi connectivity index (χ0v) is 39.0. The number of carbonyl (C=O) groups is 2. The molecule has 6 aliphatic rings. The number of fused-ring (bicyclic) bond motifs is 11. The van der Waals surface area contributed by atoms with Crippen molar-refractivity contribution in [3.63, 3.8) is 0 Å². The van der Waals surface area contributed by atoms with Crippen molar-refractivity contribution in [1.29, 1.82) is 5.26 Å². The summed E-state index contributed by atoms with van der Waals surface area (Å²) in [6.45, 7) is 3.33. The number of amides is 1. The number of aliphatic hydroxyl groups is 1. The van der Waals surface area contributed by atoms with E-state index in [1.54, 1.807) is 32.9 Å². The number of benzene rings is 4. The van der Waals surface area contributed by atoms with Gasteiger partial charge in [0.25, 0.3) is 0 Å². The van der Waals surface area contributed by atoms with Crippen molar-refractivity contribution in [3.05, 3.63) is 141 Å². The first-order chi connectivity index (χ1) is 32.6. The molecule has 4 aromatic rings. The number of ether oxygens (including phenoxy) is 7. The molecule has 15 heteroatoms. The second kappa shape index (κ2) is 18.3. The van der Waals surface area contributed by atoms with Crippen molar-refractivity contribution in [1.82, 2.24) is 15.1 Å². The molecule has 7 atom stereocenters. The van der Waals surface area contributed by atoms with Crippen LogP contribution in [0.4, 0.5) is 4.79 Å². The highest BCUT2D eigenvalue weighted by Crippen LogP contribution is 2.57. The number of hydrogen-bond donors (Lipinski definition) is 2. The number of Topliss-reactive ketones (excluding diaryl/α,β-unsaturated/α-hetero) is 1. The summed E-state index contributed by atoms with van der Waals surface area (Å²) in [4.78, 5) is 32.7. The minimum absolute atomic E-state index is 0.0412. The van der Waals surface area contributed by atoms with Crippen molar-refractivity contribution in [2.24, 2.45) is 0 Å².